The minimum absolute atomic E-state index is 0.00559. The molecule has 0 aliphatic carbocycles. The van der Waals surface area contributed by atoms with Crippen LogP contribution in [0.1, 0.15) is 59.6 Å². The lowest BCUT2D eigenvalue weighted by molar-refractivity contribution is 0.0544. The maximum absolute atomic E-state index is 6.60. The van der Waals surface area contributed by atoms with Crippen molar-refractivity contribution >= 4 is 89.4 Å². The Hall–Kier alpha value is -4.18. The highest BCUT2D eigenvalue weighted by molar-refractivity contribution is 9.10. The second-order valence-electron chi connectivity index (χ2n) is 18.6. The van der Waals surface area contributed by atoms with Gasteiger partial charge >= 0.3 is 0 Å². The number of ether oxygens (including phenoxy) is 4. The van der Waals surface area contributed by atoms with Crippen molar-refractivity contribution < 1.29 is 18.9 Å². The van der Waals surface area contributed by atoms with Crippen molar-refractivity contribution in [1.29, 1.82) is 0 Å². The summed E-state index contributed by atoms with van der Waals surface area (Å²) in [5.74, 6) is 0. The number of halogens is 3. The van der Waals surface area contributed by atoms with Crippen LogP contribution in [-0.4, -0.2) is 112 Å². The molecule has 4 aromatic heterocycles. The number of rotatable bonds is 3. The lowest BCUT2D eigenvalue weighted by Crippen LogP contribution is -2.38. The van der Waals surface area contributed by atoms with E-state index >= 15 is 0 Å². The van der Waals surface area contributed by atoms with Crippen LogP contribution in [0.2, 0.25) is 10.0 Å². The highest BCUT2D eigenvalue weighted by Gasteiger charge is 2.48. The van der Waals surface area contributed by atoms with Gasteiger partial charge in [-0.2, -0.15) is 0 Å². The van der Waals surface area contributed by atoms with Crippen LogP contribution in [0.15, 0.2) is 65.4 Å². The van der Waals surface area contributed by atoms with Crippen LogP contribution in [0.3, 0.4) is 0 Å². The molecule has 4 saturated heterocycles. The molecule has 2 aromatic carbocycles. The van der Waals surface area contributed by atoms with Crippen LogP contribution in [0.25, 0.3) is 21.8 Å². The number of nitrogens with one attached hydrogen (secondary N) is 1. The molecular weight excluding hydrogens is 951 g/mol. The van der Waals surface area contributed by atoms with Gasteiger partial charge in [0.1, 0.15) is 0 Å². The van der Waals surface area contributed by atoms with E-state index in [-0.39, 0.29) is 10.8 Å². The lowest BCUT2D eigenvalue weighted by atomic mass is 9.78. The molecule has 12 rings (SSSR count). The number of aromatic nitrogens is 4. The van der Waals surface area contributed by atoms with Crippen molar-refractivity contribution in [3.8, 4) is 0 Å². The minimum atomic E-state index is 0.00559. The number of pyridine rings is 4. The number of nitrogens with zero attached hydrogens (tertiary/aromatic N) is 7. The van der Waals surface area contributed by atoms with Crippen LogP contribution < -0.4 is 20.0 Å². The molecule has 67 heavy (non-hydrogen) atoms. The molecule has 0 radical (unpaired) electrons. The van der Waals surface area contributed by atoms with Crippen molar-refractivity contribution in [3.05, 3.63) is 109 Å². The van der Waals surface area contributed by atoms with Gasteiger partial charge in [-0.05, 0) is 105 Å². The summed E-state index contributed by atoms with van der Waals surface area (Å²) >= 11 is 16.7. The number of fused-ring (bicyclic) bond motifs is 6. The molecule has 1 N–H and O–H groups in total. The predicted octanol–water partition coefficient (Wildman–Crippen LogP) is 10.4. The molecule has 10 heterocycles. The largest absolute Gasteiger partial charge is 0.381 e. The molecule has 12 nitrogen and oxygen atoms in total. The van der Waals surface area contributed by atoms with Gasteiger partial charge in [0.15, 0.2) is 0 Å². The number of benzene rings is 2. The molecule has 6 aliphatic heterocycles. The molecule has 0 bridgehead atoms. The van der Waals surface area contributed by atoms with E-state index < -0.39 is 0 Å². The normalized spacial score (nSPS) is 19.5. The van der Waals surface area contributed by atoms with Gasteiger partial charge in [0, 0.05) is 109 Å². The second kappa shape index (κ2) is 19.7. The number of aryl methyl sites for hydroxylation is 2. The Morgan fingerprint density at radius 3 is 1.54 bits per heavy atom. The van der Waals surface area contributed by atoms with E-state index in [0.717, 1.165) is 161 Å². The molecule has 6 aliphatic rings. The summed E-state index contributed by atoms with van der Waals surface area (Å²) in [6.07, 6.45) is 7.94. The number of para-hydroxylation sites is 2. The fraction of sp³-hybridized carbons (Fsp3) is 0.462. The van der Waals surface area contributed by atoms with Crippen molar-refractivity contribution in [2.24, 2.45) is 0 Å². The van der Waals surface area contributed by atoms with Gasteiger partial charge < -0.3 is 39.0 Å². The predicted molar refractivity (Wildman–Crippen MR) is 273 cm³/mol. The summed E-state index contributed by atoms with van der Waals surface area (Å²) in [5, 5.41) is 6.72. The Morgan fingerprint density at radius 1 is 0.597 bits per heavy atom. The van der Waals surface area contributed by atoms with Crippen LogP contribution in [0.4, 0.5) is 28.4 Å². The number of hydrogen-bond acceptors (Lipinski definition) is 12. The van der Waals surface area contributed by atoms with E-state index in [9.17, 15) is 0 Å². The Labute approximate surface area is 411 Å². The Kier molecular flexibility index (Phi) is 13.7. The van der Waals surface area contributed by atoms with Gasteiger partial charge in [-0.25, -0.2) is 0 Å². The van der Waals surface area contributed by atoms with Gasteiger partial charge in [-0.1, -0.05) is 47.5 Å². The first-order valence-electron chi connectivity index (χ1n) is 23.7. The molecule has 2 spiro atoms. The first kappa shape index (κ1) is 46.5. The third-order valence-corrected chi connectivity index (χ3v) is 15.7. The maximum Gasteiger partial charge on any atom is 0.0912 e. The van der Waals surface area contributed by atoms with Gasteiger partial charge in [0.05, 0.1) is 93.5 Å². The van der Waals surface area contributed by atoms with Crippen LogP contribution in [-0.2, 0) is 29.8 Å². The number of anilines is 5. The molecule has 0 unspecified atom stereocenters. The molecule has 6 aromatic rings. The minimum Gasteiger partial charge on any atom is -0.381 e. The summed E-state index contributed by atoms with van der Waals surface area (Å²) in [6.45, 7) is 20.5. The fourth-order valence-corrected chi connectivity index (χ4v) is 11.6. The molecule has 15 heteroatoms. The summed E-state index contributed by atoms with van der Waals surface area (Å²) in [5.41, 5.74) is 14.5. The van der Waals surface area contributed by atoms with Crippen molar-refractivity contribution in [2.45, 2.75) is 64.2 Å². The van der Waals surface area contributed by atoms with Gasteiger partial charge in [-0.15, -0.1) is 0 Å². The van der Waals surface area contributed by atoms with E-state index in [0.29, 0.717) is 10.0 Å². The number of hydrogen-bond donors (Lipinski definition) is 1. The average Bonchev–Trinajstić information content (AvgIpc) is 3.82. The zero-order chi connectivity index (χ0) is 46.3. The summed E-state index contributed by atoms with van der Waals surface area (Å²) in [4.78, 5) is 26.9. The van der Waals surface area contributed by atoms with Crippen molar-refractivity contribution in [2.75, 3.05) is 107 Å². The molecule has 4 fully saturated rings. The van der Waals surface area contributed by atoms with Gasteiger partial charge in [-0.3, -0.25) is 19.9 Å². The SMILES string of the molecule is C1COCCN1.Cc1nc2c(Cl)cccc2c(N2CC3(CCOCC3)c3ncc(Br)cc32)c1C.Cc1nc2c(Cl)cccc2c(N2CC3(CCOCC3)c3ncc(N4CCOCC4)cc32)c1C. The van der Waals surface area contributed by atoms with E-state index in [1.54, 1.807) is 0 Å². The van der Waals surface area contributed by atoms with Gasteiger partial charge in [0.25, 0.3) is 0 Å². The molecule has 0 saturated carbocycles. The Morgan fingerprint density at radius 2 is 1.06 bits per heavy atom. The Balaban J connectivity index is 0.000000141. The molecule has 0 atom stereocenters. The van der Waals surface area contributed by atoms with Crippen LogP contribution >= 0.6 is 39.1 Å². The highest BCUT2D eigenvalue weighted by Crippen LogP contribution is 2.53. The Bertz CT molecular complexity index is 2780. The third kappa shape index (κ3) is 8.88. The van der Waals surface area contributed by atoms with E-state index in [1.165, 1.54) is 45.3 Å². The van der Waals surface area contributed by atoms with E-state index in [2.05, 4.69) is 94.1 Å². The fourth-order valence-electron chi connectivity index (χ4n) is 10.8. The maximum atomic E-state index is 6.60. The van der Waals surface area contributed by atoms with Gasteiger partial charge in [0.2, 0.25) is 0 Å². The van der Waals surface area contributed by atoms with Crippen molar-refractivity contribution in [1.82, 2.24) is 25.3 Å². The first-order valence-corrected chi connectivity index (χ1v) is 25.2. The summed E-state index contributed by atoms with van der Waals surface area (Å²) < 4.78 is 23.0. The lowest BCUT2D eigenvalue weighted by Gasteiger charge is -2.34. The van der Waals surface area contributed by atoms with Crippen LogP contribution in [0, 0.1) is 27.7 Å². The first-order chi connectivity index (χ1) is 32.6. The third-order valence-electron chi connectivity index (χ3n) is 14.7. The van der Waals surface area contributed by atoms with Crippen molar-refractivity contribution in [3.63, 3.8) is 0 Å². The number of morpholine rings is 2. The quantitative estimate of drug-likeness (QED) is 0.182. The summed E-state index contributed by atoms with van der Waals surface area (Å²) in [7, 11) is 0. The average molecular weight is 1010 g/mol. The highest BCUT2D eigenvalue weighted by atomic mass is 79.9. The molecule has 352 valence electrons. The molecule has 0 amide bonds. The molecular formula is C52H59BrCl2N8O4. The zero-order valence-corrected chi connectivity index (χ0v) is 42.0. The topological polar surface area (TPSA) is 110 Å². The zero-order valence-electron chi connectivity index (χ0n) is 38.9. The van der Waals surface area contributed by atoms with Crippen LogP contribution in [0.5, 0.6) is 0 Å². The smallest absolute Gasteiger partial charge is 0.0912 e. The van der Waals surface area contributed by atoms with E-state index in [1.807, 2.05) is 30.5 Å². The van der Waals surface area contributed by atoms with E-state index in [4.69, 9.17) is 62.1 Å². The summed E-state index contributed by atoms with van der Waals surface area (Å²) in [6, 6.07) is 16.7. The second-order valence-corrected chi connectivity index (χ2v) is 20.3. The standard InChI is InChI=1S/C26H29ClN4O2.C22H21BrClN3O.C4H9NO/c1-17-18(2)29-23-20(4-3-5-21(23)27)24(17)31-16-26(6-10-32-11-7-26)25-22(31)14-19(15-28-25)30-8-12-33-13-9-30;1-13-14(2)26-19-16(4-3-5-17(19)24)20(13)27-12-22(6-8-28-9-7-22)21-18(27)10-15(23)11-25-21;1-3-6-4-2-5-1/h3-5,14-15H,6-13,16H2,1-2H3;3-5,10-11H,6-9,12H2,1-2H3;5H,1-4H2. The monoisotopic (exact) mass is 1010 g/mol.